The zero-order chi connectivity index (χ0) is 39.5. The van der Waals surface area contributed by atoms with Gasteiger partial charge in [-0.05, 0) is 31.2 Å². The van der Waals surface area contributed by atoms with Gasteiger partial charge < -0.3 is 33.9 Å². The molecule has 0 bridgehead atoms. The van der Waals surface area contributed by atoms with E-state index in [0.29, 0.717) is 38.4 Å². The molecule has 3 aromatic rings. The van der Waals surface area contributed by atoms with Crippen LogP contribution < -0.4 is 15.3 Å². The Kier molecular flexibility index (Phi) is 14.9. The van der Waals surface area contributed by atoms with E-state index in [1.807, 2.05) is 6.07 Å². The molecule has 18 nitrogen and oxygen atoms in total. The first-order valence-electron chi connectivity index (χ1n) is 17.4. The first-order valence-corrected chi connectivity index (χ1v) is 19.0. The van der Waals surface area contributed by atoms with E-state index < -0.39 is 67.9 Å². The van der Waals surface area contributed by atoms with Crippen LogP contribution in [0.3, 0.4) is 0 Å². The van der Waals surface area contributed by atoms with Crippen molar-refractivity contribution in [2.45, 2.75) is 58.5 Å². The fourth-order valence-corrected chi connectivity index (χ4v) is 6.72. The van der Waals surface area contributed by atoms with E-state index in [2.05, 4.69) is 20.1 Å². The number of ether oxygens (including phenoxy) is 5. The van der Waals surface area contributed by atoms with Gasteiger partial charge >= 0.3 is 25.7 Å². The minimum absolute atomic E-state index is 0.0706. The fraction of sp³-hybridized carbons (Fsp3) is 0.543. The number of carbonyl (C=O) groups is 3. The predicted octanol–water partition coefficient (Wildman–Crippen LogP) is 3.09. The van der Waals surface area contributed by atoms with E-state index in [1.165, 1.54) is 36.0 Å². The van der Waals surface area contributed by atoms with Gasteiger partial charge in [-0.3, -0.25) is 23.8 Å². The second-order valence-electron chi connectivity index (χ2n) is 13.1. The lowest BCUT2D eigenvalue weighted by molar-refractivity contribution is -0.197. The largest absolute Gasteiger partial charge is 0.463 e. The monoisotopic (exact) mass is 773 g/mol. The van der Waals surface area contributed by atoms with Gasteiger partial charge in [-0.25, -0.2) is 14.1 Å². The number of rotatable bonds is 19. The van der Waals surface area contributed by atoms with E-state index in [4.69, 9.17) is 38.5 Å². The van der Waals surface area contributed by atoms with Crippen LogP contribution in [-0.4, -0.2) is 108 Å². The lowest BCUT2D eigenvalue weighted by atomic mass is 9.92. The summed E-state index contributed by atoms with van der Waals surface area (Å²) in [6, 6.07) is 11.8. The number of nitrogens with zero attached hydrogens (tertiary/aromatic N) is 5. The van der Waals surface area contributed by atoms with E-state index in [1.54, 1.807) is 52.0 Å². The van der Waals surface area contributed by atoms with Crippen LogP contribution in [0.2, 0.25) is 0 Å². The molecule has 1 fully saturated rings. The number of nitrogen functional groups attached to an aromatic ring is 1. The Labute approximate surface area is 313 Å². The van der Waals surface area contributed by atoms with Gasteiger partial charge in [0.25, 0.3) is 0 Å². The number of esters is 3. The molecule has 54 heavy (non-hydrogen) atoms. The number of hydrogen-bond donors (Lipinski definition) is 2. The summed E-state index contributed by atoms with van der Waals surface area (Å²) in [6.45, 7) is 9.96. The molecule has 5 atom stereocenters. The molecule has 0 radical (unpaired) electrons. The lowest BCUT2D eigenvalue weighted by Crippen LogP contribution is -2.54. The highest BCUT2D eigenvalue weighted by atomic mass is 31.2. The van der Waals surface area contributed by atoms with Crippen LogP contribution >= 0.6 is 7.75 Å². The van der Waals surface area contributed by atoms with Crippen molar-refractivity contribution in [3.8, 4) is 11.8 Å². The SMILES string of the molecule is CO[C@](C#N)(COP(=O)(N[C@@H](C)C(=O)OCCN1CCOCC1)Oc1ccccc1)[C@@H](OC(=O)C(C)C)[C@@H](OC(=O)C(C)C)c1ccc2c(N)ncnn12. The highest BCUT2D eigenvalue weighted by Crippen LogP contribution is 2.47. The van der Waals surface area contributed by atoms with Gasteiger partial charge in [0, 0.05) is 26.7 Å². The molecule has 2 aromatic heterocycles. The van der Waals surface area contributed by atoms with E-state index in [-0.39, 0.29) is 23.9 Å². The van der Waals surface area contributed by atoms with Crippen molar-refractivity contribution in [1.29, 1.82) is 5.26 Å². The molecule has 1 aromatic carbocycles. The summed E-state index contributed by atoms with van der Waals surface area (Å²) in [6.07, 6.45) is -2.16. The highest BCUT2D eigenvalue weighted by molar-refractivity contribution is 7.52. The van der Waals surface area contributed by atoms with Crippen LogP contribution in [0.5, 0.6) is 5.75 Å². The summed E-state index contributed by atoms with van der Waals surface area (Å²) in [4.78, 5) is 45.7. The molecule has 3 heterocycles. The number of aromatic nitrogens is 3. The summed E-state index contributed by atoms with van der Waals surface area (Å²) in [5, 5.41) is 17.7. The summed E-state index contributed by atoms with van der Waals surface area (Å²) < 4.78 is 56.0. The Hall–Kier alpha value is -4.63. The molecule has 1 aliphatic rings. The fourth-order valence-electron chi connectivity index (χ4n) is 5.19. The third-order valence-electron chi connectivity index (χ3n) is 8.40. The first-order chi connectivity index (χ1) is 25.7. The standard InChI is InChI=1S/C35H48N7O11P/c1-23(2)32(43)51-29(27-12-13-28-31(37)38-22-39-42(27)28)30(52-33(44)24(3)4)35(20-36,47-6)21-50-54(46,53-26-10-8-7-9-11-26)40-25(5)34(45)49-19-16-41-14-17-48-18-15-41/h7-13,22-25,29-30H,14-19,21H2,1-6H3,(H,40,46)(H2,37,38,39)/t25-,29-,30-,35+,54?/m0/s1. The maximum atomic E-state index is 14.5. The number of carbonyl (C=O) groups excluding carboxylic acids is 3. The van der Waals surface area contributed by atoms with Crippen molar-refractivity contribution < 1.29 is 51.7 Å². The molecule has 0 aliphatic carbocycles. The van der Waals surface area contributed by atoms with Crippen molar-refractivity contribution in [3.05, 3.63) is 54.5 Å². The van der Waals surface area contributed by atoms with E-state index in [9.17, 15) is 24.2 Å². The number of morpholine rings is 1. The smallest absolute Gasteiger partial charge is 0.459 e. The normalized spacial score (nSPS) is 17.5. The van der Waals surface area contributed by atoms with Gasteiger partial charge in [0.05, 0.1) is 30.7 Å². The van der Waals surface area contributed by atoms with E-state index in [0.717, 1.165) is 7.11 Å². The average Bonchev–Trinajstić information content (AvgIpc) is 3.59. The maximum absolute atomic E-state index is 14.5. The average molecular weight is 774 g/mol. The summed E-state index contributed by atoms with van der Waals surface area (Å²) >= 11 is 0. The third kappa shape index (κ3) is 10.7. The number of nitriles is 1. The molecule has 3 N–H and O–H groups in total. The highest BCUT2D eigenvalue weighted by Gasteiger charge is 2.53. The zero-order valence-corrected chi connectivity index (χ0v) is 32.1. The minimum atomic E-state index is -4.60. The first kappa shape index (κ1) is 42.1. The Morgan fingerprint density at radius 3 is 2.31 bits per heavy atom. The second kappa shape index (κ2) is 19.1. The van der Waals surface area contributed by atoms with Crippen LogP contribution in [0.15, 0.2) is 48.8 Å². The third-order valence-corrected chi connectivity index (χ3v) is 10.0. The quantitative estimate of drug-likeness (QED) is 0.101. The Morgan fingerprint density at radius 2 is 1.69 bits per heavy atom. The number of hydrogen-bond acceptors (Lipinski definition) is 16. The minimum Gasteiger partial charge on any atom is -0.463 e. The van der Waals surface area contributed by atoms with Gasteiger partial charge in [-0.1, -0.05) is 45.9 Å². The van der Waals surface area contributed by atoms with Crippen molar-refractivity contribution >= 4 is 37.0 Å². The van der Waals surface area contributed by atoms with Crippen LogP contribution in [0.25, 0.3) is 5.52 Å². The Bertz CT molecular complexity index is 1810. The van der Waals surface area contributed by atoms with Crippen LogP contribution in [0.4, 0.5) is 5.82 Å². The molecule has 1 saturated heterocycles. The second-order valence-corrected chi connectivity index (χ2v) is 14.8. The number of anilines is 1. The number of para-hydroxylation sites is 1. The molecule has 0 spiro atoms. The maximum Gasteiger partial charge on any atom is 0.459 e. The summed E-state index contributed by atoms with van der Waals surface area (Å²) in [5.41, 5.74) is 4.22. The topological polar surface area (TPSA) is 228 Å². The van der Waals surface area contributed by atoms with Gasteiger partial charge in [-0.15, -0.1) is 0 Å². The number of fused-ring (bicyclic) bond motifs is 1. The van der Waals surface area contributed by atoms with E-state index >= 15 is 0 Å². The Morgan fingerprint density at radius 1 is 1.02 bits per heavy atom. The molecule has 1 aliphatic heterocycles. The molecular formula is C35H48N7O11P. The molecule has 0 saturated carbocycles. The Balaban J connectivity index is 1.70. The molecule has 19 heteroatoms. The summed E-state index contributed by atoms with van der Waals surface area (Å²) in [7, 11) is -3.46. The molecule has 1 unspecified atom stereocenters. The number of nitrogens with one attached hydrogen (secondary N) is 1. The van der Waals surface area contributed by atoms with Gasteiger partial charge in [0.15, 0.2) is 18.0 Å². The summed E-state index contributed by atoms with van der Waals surface area (Å²) in [5.74, 6) is -3.41. The number of nitrogens with two attached hydrogens (primary N) is 1. The van der Waals surface area contributed by atoms with Crippen LogP contribution in [0.1, 0.15) is 46.4 Å². The van der Waals surface area contributed by atoms with Gasteiger partial charge in [0.1, 0.15) is 42.9 Å². The lowest BCUT2D eigenvalue weighted by Gasteiger charge is -2.38. The zero-order valence-electron chi connectivity index (χ0n) is 31.2. The van der Waals surface area contributed by atoms with Gasteiger partial charge in [0.2, 0.25) is 5.60 Å². The predicted molar refractivity (Wildman–Crippen MR) is 193 cm³/mol. The number of methoxy groups -OCH3 is 1. The van der Waals surface area contributed by atoms with Crippen molar-refractivity contribution in [3.63, 3.8) is 0 Å². The molecular weight excluding hydrogens is 725 g/mol. The number of benzene rings is 1. The van der Waals surface area contributed by atoms with Crippen molar-refractivity contribution in [1.82, 2.24) is 24.6 Å². The molecule has 4 rings (SSSR count). The van der Waals surface area contributed by atoms with Crippen LogP contribution in [-0.2, 0) is 47.2 Å². The van der Waals surface area contributed by atoms with Crippen molar-refractivity contribution in [2.24, 2.45) is 11.8 Å². The van der Waals surface area contributed by atoms with Gasteiger partial charge in [-0.2, -0.15) is 15.4 Å². The molecule has 0 amide bonds. The molecule has 294 valence electrons. The van der Waals surface area contributed by atoms with Crippen molar-refractivity contribution in [2.75, 3.05) is 58.9 Å². The van der Waals surface area contributed by atoms with Crippen LogP contribution in [0, 0.1) is 23.2 Å².